The molecule has 5 nitrogen and oxygen atoms in total. The van der Waals surface area contributed by atoms with Crippen LogP contribution in [0, 0.1) is 0 Å². The molecule has 0 fully saturated rings. The molecule has 0 spiro atoms. The topological polar surface area (TPSA) is 72.3 Å². The number of carboxylic acid groups (broad SMARTS) is 1. The fourth-order valence-electron chi connectivity index (χ4n) is 2.01. The fraction of sp³-hybridized carbons (Fsp3) is 0.0625. The summed E-state index contributed by atoms with van der Waals surface area (Å²) in [5.74, 6) is -0.586. The summed E-state index contributed by atoms with van der Waals surface area (Å²) >= 11 is 1.48. The van der Waals surface area contributed by atoms with Gasteiger partial charge in [-0.05, 0) is 12.1 Å². The van der Waals surface area contributed by atoms with Crippen molar-refractivity contribution in [3.8, 4) is 27.7 Å². The van der Waals surface area contributed by atoms with Crippen LogP contribution in [0.1, 0.15) is 10.5 Å². The van der Waals surface area contributed by atoms with E-state index in [4.69, 9.17) is 9.84 Å². The van der Waals surface area contributed by atoms with Crippen molar-refractivity contribution in [2.75, 3.05) is 7.11 Å². The monoisotopic (exact) mass is 312 g/mol. The number of hydrogen-bond acceptors (Lipinski definition) is 5. The van der Waals surface area contributed by atoms with Crippen molar-refractivity contribution in [1.29, 1.82) is 0 Å². The molecule has 0 bridgehead atoms. The second-order valence-corrected chi connectivity index (χ2v) is 5.31. The highest BCUT2D eigenvalue weighted by Gasteiger charge is 2.15. The quantitative estimate of drug-likeness (QED) is 0.797. The van der Waals surface area contributed by atoms with Gasteiger partial charge in [-0.25, -0.2) is 14.8 Å². The van der Waals surface area contributed by atoms with Gasteiger partial charge in [0.2, 0.25) is 0 Å². The zero-order valence-electron chi connectivity index (χ0n) is 11.7. The summed E-state index contributed by atoms with van der Waals surface area (Å²) in [6, 6.07) is 12.8. The van der Waals surface area contributed by atoms with Crippen molar-refractivity contribution in [3.05, 3.63) is 53.5 Å². The van der Waals surface area contributed by atoms with E-state index in [0.717, 1.165) is 10.6 Å². The van der Waals surface area contributed by atoms with Crippen molar-refractivity contribution >= 4 is 17.3 Å². The number of rotatable bonds is 4. The highest BCUT2D eigenvalue weighted by atomic mass is 32.1. The lowest BCUT2D eigenvalue weighted by atomic mass is 10.2. The number of methoxy groups -OCH3 is 1. The lowest BCUT2D eigenvalue weighted by Gasteiger charge is -2.06. The van der Waals surface area contributed by atoms with Crippen molar-refractivity contribution in [1.82, 2.24) is 9.97 Å². The van der Waals surface area contributed by atoms with Gasteiger partial charge in [0.05, 0.1) is 7.11 Å². The Morgan fingerprint density at radius 1 is 1.14 bits per heavy atom. The Labute approximate surface area is 130 Å². The van der Waals surface area contributed by atoms with E-state index in [0.29, 0.717) is 17.1 Å². The first-order valence-corrected chi connectivity index (χ1v) is 7.36. The molecule has 2 heterocycles. The molecule has 0 aliphatic carbocycles. The molecule has 110 valence electrons. The van der Waals surface area contributed by atoms with E-state index in [9.17, 15) is 4.79 Å². The minimum atomic E-state index is -1.08. The molecule has 1 aromatic carbocycles. The molecule has 0 saturated carbocycles. The molecule has 3 aromatic rings. The largest absolute Gasteiger partial charge is 0.494 e. The van der Waals surface area contributed by atoms with Crippen LogP contribution in [-0.2, 0) is 0 Å². The third-order valence-electron chi connectivity index (χ3n) is 3.06. The van der Waals surface area contributed by atoms with E-state index >= 15 is 0 Å². The average Bonchev–Trinajstić information content (AvgIpc) is 3.05. The SMILES string of the molecule is COc1ccc(C(=O)O)nc1-c1csc(-c2ccccc2)n1. The van der Waals surface area contributed by atoms with Crippen molar-refractivity contribution in [2.45, 2.75) is 0 Å². The van der Waals surface area contributed by atoms with Crippen LogP contribution in [0.25, 0.3) is 22.0 Å². The van der Waals surface area contributed by atoms with Crippen LogP contribution in [0.5, 0.6) is 5.75 Å². The number of nitrogens with zero attached hydrogens (tertiary/aromatic N) is 2. The average molecular weight is 312 g/mol. The second kappa shape index (κ2) is 5.95. The molecule has 0 aliphatic rings. The summed E-state index contributed by atoms with van der Waals surface area (Å²) in [4.78, 5) is 19.8. The van der Waals surface area contributed by atoms with E-state index in [1.807, 2.05) is 35.7 Å². The Kier molecular flexibility index (Phi) is 3.84. The summed E-state index contributed by atoms with van der Waals surface area (Å²) < 4.78 is 5.26. The van der Waals surface area contributed by atoms with E-state index in [2.05, 4.69) is 9.97 Å². The minimum Gasteiger partial charge on any atom is -0.494 e. The maximum Gasteiger partial charge on any atom is 0.354 e. The van der Waals surface area contributed by atoms with Crippen LogP contribution in [0.3, 0.4) is 0 Å². The van der Waals surface area contributed by atoms with Gasteiger partial charge in [0, 0.05) is 10.9 Å². The van der Waals surface area contributed by atoms with Crippen molar-refractivity contribution in [3.63, 3.8) is 0 Å². The van der Waals surface area contributed by atoms with E-state index in [-0.39, 0.29) is 5.69 Å². The predicted molar refractivity (Wildman–Crippen MR) is 84.3 cm³/mol. The minimum absolute atomic E-state index is 0.0370. The summed E-state index contributed by atoms with van der Waals surface area (Å²) in [6.07, 6.45) is 0. The Morgan fingerprint density at radius 2 is 1.91 bits per heavy atom. The zero-order valence-corrected chi connectivity index (χ0v) is 12.5. The molecule has 0 saturated heterocycles. The number of hydrogen-bond donors (Lipinski definition) is 1. The van der Waals surface area contributed by atoms with Gasteiger partial charge in [-0.3, -0.25) is 0 Å². The van der Waals surface area contributed by atoms with Crippen molar-refractivity contribution in [2.24, 2.45) is 0 Å². The van der Waals surface area contributed by atoms with Gasteiger partial charge in [0.25, 0.3) is 0 Å². The third-order valence-corrected chi connectivity index (χ3v) is 3.96. The van der Waals surface area contributed by atoms with Gasteiger partial charge in [-0.1, -0.05) is 30.3 Å². The second-order valence-electron chi connectivity index (χ2n) is 4.46. The molecular formula is C16H12N2O3S. The number of aromatic nitrogens is 2. The molecule has 0 atom stereocenters. The standard InChI is InChI=1S/C16H12N2O3S/c1-21-13-8-7-11(16(19)20)17-14(13)12-9-22-15(18-12)10-5-3-2-4-6-10/h2-9H,1H3,(H,19,20). The number of thiazole rings is 1. The van der Waals surface area contributed by atoms with Gasteiger partial charge in [0.1, 0.15) is 27.8 Å². The number of aromatic carboxylic acids is 1. The van der Waals surface area contributed by atoms with Gasteiger partial charge < -0.3 is 9.84 Å². The van der Waals surface area contributed by atoms with Crippen molar-refractivity contribution < 1.29 is 14.6 Å². The van der Waals surface area contributed by atoms with Crippen LogP contribution < -0.4 is 4.74 Å². The summed E-state index contributed by atoms with van der Waals surface area (Å²) in [6.45, 7) is 0. The Balaban J connectivity index is 2.06. The number of pyridine rings is 1. The molecule has 6 heteroatoms. The van der Waals surface area contributed by atoms with E-state index < -0.39 is 5.97 Å². The molecule has 2 aromatic heterocycles. The summed E-state index contributed by atoms with van der Waals surface area (Å²) in [7, 11) is 1.52. The molecule has 1 N–H and O–H groups in total. The molecular weight excluding hydrogens is 300 g/mol. The highest BCUT2D eigenvalue weighted by molar-refractivity contribution is 7.13. The summed E-state index contributed by atoms with van der Waals surface area (Å²) in [5, 5.41) is 11.8. The fourth-order valence-corrected chi connectivity index (χ4v) is 2.82. The molecule has 0 amide bonds. The number of ether oxygens (including phenoxy) is 1. The molecule has 0 aliphatic heterocycles. The molecule has 0 unspecified atom stereocenters. The molecule has 0 radical (unpaired) electrons. The van der Waals surface area contributed by atoms with Gasteiger partial charge in [-0.15, -0.1) is 11.3 Å². The Hall–Kier alpha value is -2.73. The Morgan fingerprint density at radius 3 is 2.59 bits per heavy atom. The van der Waals surface area contributed by atoms with Crippen LogP contribution in [-0.4, -0.2) is 28.2 Å². The van der Waals surface area contributed by atoms with Gasteiger partial charge >= 0.3 is 5.97 Å². The van der Waals surface area contributed by atoms with Crippen LogP contribution in [0.15, 0.2) is 47.8 Å². The highest BCUT2D eigenvalue weighted by Crippen LogP contribution is 2.32. The first-order valence-electron chi connectivity index (χ1n) is 6.48. The first kappa shape index (κ1) is 14.2. The molecule has 22 heavy (non-hydrogen) atoms. The maximum atomic E-state index is 11.1. The van der Waals surface area contributed by atoms with Gasteiger partial charge in [-0.2, -0.15) is 0 Å². The predicted octanol–water partition coefficient (Wildman–Crippen LogP) is 3.58. The van der Waals surface area contributed by atoms with E-state index in [1.165, 1.54) is 24.5 Å². The Bertz CT molecular complexity index is 815. The van der Waals surface area contributed by atoms with Crippen LogP contribution >= 0.6 is 11.3 Å². The zero-order chi connectivity index (χ0) is 15.5. The lowest BCUT2D eigenvalue weighted by Crippen LogP contribution is -2.02. The lowest BCUT2D eigenvalue weighted by molar-refractivity contribution is 0.0690. The smallest absolute Gasteiger partial charge is 0.354 e. The third kappa shape index (κ3) is 2.68. The summed E-state index contributed by atoms with van der Waals surface area (Å²) in [5.41, 5.74) is 2.00. The maximum absolute atomic E-state index is 11.1. The van der Waals surface area contributed by atoms with Crippen LogP contribution in [0.2, 0.25) is 0 Å². The normalized spacial score (nSPS) is 10.4. The van der Waals surface area contributed by atoms with Gasteiger partial charge in [0.15, 0.2) is 0 Å². The van der Waals surface area contributed by atoms with Crippen LogP contribution in [0.4, 0.5) is 0 Å². The van der Waals surface area contributed by atoms with E-state index in [1.54, 1.807) is 6.07 Å². The first-order chi connectivity index (χ1) is 10.7. The molecule has 3 rings (SSSR count). The number of benzene rings is 1. The number of carboxylic acids is 1. The number of carbonyl (C=O) groups is 1.